The van der Waals surface area contributed by atoms with Gasteiger partial charge in [0, 0.05) is 31.1 Å². The number of benzene rings is 1. The van der Waals surface area contributed by atoms with E-state index in [-0.39, 0.29) is 6.61 Å². The molecule has 1 N–H and O–H groups in total. The van der Waals surface area contributed by atoms with Gasteiger partial charge in [0.05, 0.1) is 11.0 Å². The largest absolute Gasteiger partial charge is 0.396 e. The molecule has 0 radical (unpaired) electrons. The quantitative estimate of drug-likeness (QED) is 0.815. The van der Waals surface area contributed by atoms with Crippen LogP contribution in [0.5, 0.6) is 0 Å². The Morgan fingerprint density at radius 2 is 2.05 bits per heavy atom. The first-order valence-corrected chi connectivity index (χ1v) is 8.05. The van der Waals surface area contributed by atoms with Gasteiger partial charge >= 0.3 is 0 Å². The lowest BCUT2D eigenvalue weighted by Crippen LogP contribution is -2.27. The van der Waals surface area contributed by atoms with Crippen LogP contribution in [-0.4, -0.2) is 45.8 Å². The van der Waals surface area contributed by atoms with E-state index in [4.69, 9.17) is 16.7 Å². The van der Waals surface area contributed by atoms with Crippen LogP contribution in [0.4, 0.5) is 0 Å². The van der Waals surface area contributed by atoms with Crippen molar-refractivity contribution in [2.24, 2.45) is 0 Å². The van der Waals surface area contributed by atoms with Gasteiger partial charge in [-0.2, -0.15) is 0 Å². The van der Waals surface area contributed by atoms with Gasteiger partial charge in [-0.15, -0.1) is 0 Å². The van der Waals surface area contributed by atoms with Crippen molar-refractivity contribution in [3.63, 3.8) is 0 Å². The van der Waals surface area contributed by atoms with Gasteiger partial charge in [-0.25, -0.2) is 4.98 Å². The third kappa shape index (κ3) is 3.96. The number of fused-ring (bicyclic) bond motifs is 1. The molecule has 0 aliphatic heterocycles. The van der Waals surface area contributed by atoms with Crippen molar-refractivity contribution in [3.8, 4) is 0 Å². The van der Waals surface area contributed by atoms with Crippen LogP contribution in [0.3, 0.4) is 0 Å². The second kappa shape index (κ2) is 7.78. The lowest BCUT2D eigenvalue weighted by atomic mass is 10.3. The van der Waals surface area contributed by atoms with Crippen LogP contribution in [0.2, 0.25) is 5.02 Å². The van der Waals surface area contributed by atoms with Gasteiger partial charge in [-0.05, 0) is 37.7 Å². The summed E-state index contributed by atoms with van der Waals surface area (Å²) in [5.74, 6) is 1.04. The second-order valence-corrected chi connectivity index (χ2v) is 5.60. The maximum atomic E-state index is 9.07. The molecule has 0 saturated heterocycles. The molecule has 0 saturated carbocycles. The standard InChI is InChI=1S/C16H24ClN3O/c1-3-19(4-2)9-10-20-15-8-7-13(17)12-14(15)18-16(20)6-5-11-21/h7-8,12,21H,3-6,9-11H2,1-2H3. The van der Waals surface area contributed by atoms with Crippen LogP contribution in [0.1, 0.15) is 26.1 Å². The van der Waals surface area contributed by atoms with Gasteiger partial charge in [-0.3, -0.25) is 0 Å². The first kappa shape index (κ1) is 16.3. The zero-order valence-electron chi connectivity index (χ0n) is 12.8. The molecule has 0 atom stereocenters. The third-order valence-electron chi connectivity index (χ3n) is 3.88. The zero-order valence-corrected chi connectivity index (χ0v) is 13.6. The van der Waals surface area contributed by atoms with E-state index in [1.807, 2.05) is 18.2 Å². The molecule has 116 valence electrons. The third-order valence-corrected chi connectivity index (χ3v) is 4.12. The Morgan fingerprint density at radius 1 is 1.29 bits per heavy atom. The van der Waals surface area contributed by atoms with E-state index in [9.17, 15) is 0 Å². The molecule has 0 bridgehead atoms. The van der Waals surface area contributed by atoms with E-state index >= 15 is 0 Å². The normalized spacial score (nSPS) is 11.7. The van der Waals surface area contributed by atoms with E-state index in [0.717, 1.165) is 55.9 Å². The molecule has 0 aliphatic carbocycles. The van der Waals surface area contributed by atoms with Crippen molar-refractivity contribution in [1.82, 2.24) is 14.5 Å². The highest BCUT2D eigenvalue weighted by atomic mass is 35.5. The summed E-state index contributed by atoms with van der Waals surface area (Å²) in [6.45, 7) is 8.60. The molecule has 0 unspecified atom stereocenters. The summed E-state index contributed by atoms with van der Waals surface area (Å²) in [5.41, 5.74) is 2.06. The van der Waals surface area contributed by atoms with E-state index in [0.29, 0.717) is 5.02 Å². The van der Waals surface area contributed by atoms with Crippen LogP contribution >= 0.6 is 11.6 Å². The number of nitrogens with zero attached hydrogens (tertiary/aromatic N) is 3. The highest BCUT2D eigenvalue weighted by molar-refractivity contribution is 6.31. The van der Waals surface area contributed by atoms with Gasteiger partial charge < -0.3 is 14.6 Å². The number of aromatic nitrogens is 2. The maximum absolute atomic E-state index is 9.07. The lowest BCUT2D eigenvalue weighted by molar-refractivity contribution is 0.281. The molecule has 0 fully saturated rings. The molecule has 0 aliphatic rings. The lowest BCUT2D eigenvalue weighted by Gasteiger charge is -2.19. The monoisotopic (exact) mass is 309 g/mol. The molecule has 1 heterocycles. The second-order valence-electron chi connectivity index (χ2n) is 5.17. The van der Waals surface area contributed by atoms with Crippen LogP contribution in [0.15, 0.2) is 18.2 Å². The fourth-order valence-electron chi connectivity index (χ4n) is 2.61. The van der Waals surface area contributed by atoms with Crippen LogP contribution in [0.25, 0.3) is 11.0 Å². The van der Waals surface area contributed by atoms with Crippen molar-refractivity contribution >= 4 is 22.6 Å². The Hall–Kier alpha value is -1.10. The highest BCUT2D eigenvalue weighted by Crippen LogP contribution is 2.21. The van der Waals surface area contributed by atoms with Crippen molar-refractivity contribution in [2.45, 2.75) is 33.2 Å². The maximum Gasteiger partial charge on any atom is 0.109 e. The number of hydrogen-bond donors (Lipinski definition) is 1. The first-order chi connectivity index (χ1) is 10.2. The van der Waals surface area contributed by atoms with E-state index in [1.54, 1.807) is 0 Å². The molecule has 1 aromatic carbocycles. The molecule has 2 aromatic rings. The number of imidazole rings is 1. The SMILES string of the molecule is CCN(CC)CCn1c(CCCO)nc2cc(Cl)ccc21. The minimum absolute atomic E-state index is 0.194. The van der Waals surface area contributed by atoms with E-state index in [2.05, 4.69) is 28.3 Å². The predicted octanol–water partition coefficient (Wildman–Crippen LogP) is 2.96. The molecular formula is C16H24ClN3O. The average Bonchev–Trinajstić information content (AvgIpc) is 2.83. The Morgan fingerprint density at radius 3 is 2.71 bits per heavy atom. The van der Waals surface area contributed by atoms with E-state index in [1.165, 1.54) is 0 Å². The number of hydrogen-bond acceptors (Lipinski definition) is 3. The molecule has 5 heteroatoms. The number of rotatable bonds is 8. The topological polar surface area (TPSA) is 41.3 Å². The number of aryl methyl sites for hydroxylation is 1. The number of aliphatic hydroxyl groups excluding tert-OH is 1. The summed E-state index contributed by atoms with van der Waals surface area (Å²) < 4.78 is 2.26. The van der Waals surface area contributed by atoms with Gasteiger partial charge in [0.2, 0.25) is 0 Å². The first-order valence-electron chi connectivity index (χ1n) is 7.67. The Kier molecular flexibility index (Phi) is 6.03. The van der Waals surface area contributed by atoms with Gasteiger partial charge in [-0.1, -0.05) is 25.4 Å². The summed E-state index contributed by atoms with van der Waals surface area (Å²) in [6.07, 6.45) is 1.53. The highest BCUT2D eigenvalue weighted by Gasteiger charge is 2.11. The molecule has 2 rings (SSSR count). The smallest absolute Gasteiger partial charge is 0.109 e. The Bertz CT molecular complexity index is 578. The number of aliphatic hydroxyl groups is 1. The summed E-state index contributed by atoms with van der Waals surface area (Å²) in [6, 6.07) is 5.86. The molecule has 0 amide bonds. The molecule has 4 nitrogen and oxygen atoms in total. The van der Waals surface area contributed by atoms with Crippen molar-refractivity contribution in [1.29, 1.82) is 0 Å². The Labute approximate surface area is 131 Å². The van der Waals surface area contributed by atoms with Crippen LogP contribution in [-0.2, 0) is 13.0 Å². The van der Waals surface area contributed by atoms with E-state index < -0.39 is 0 Å². The van der Waals surface area contributed by atoms with Crippen molar-refractivity contribution in [2.75, 3.05) is 26.2 Å². The minimum atomic E-state index is 0.194. The van der Waals surface area contributed by atoms with Crippen molar-refractivity contribution in [3.05, 3.63) is 29.0 Å². The van der Waals surface area contributed by atoms with Crippen molar-refractivity contribution < 1.29 is 5.11 Å². The summed E-state index contributed by atoms with van der Waals surface area (Å²) in [4.78, 5) is 7.09. The molecule has 0 spiro atoms. The molecule has 1 aromatic heterocycles. The van der Waals surface area contributed by atoms with Crippen LogP contribution in [0, 0.1) is 0 Å². The molecular weight excluding hydrogens is 286 g/mol. The fourth-order valence-corrected chi connectivity index (χ4v) is 2.78. The summed E-state index contributed by atoms with van der Waals surface area (Å²) in [7, 11) is 0. The predicted molar refractivity (Wildman–Crippen MR) is 87.9 cm³/mol. The van der Waals surface area contributed by atoms with Gasteiger partial charge in [0.1, 0.15) is 5.82 Å². The molecule has 21 heavy (non-hydrogen) atoms. The number of halogens is 1. The zero-order chi connectivity index (χ0) is 15.2. The number of likely N-dealkylation sites (N-methyl/N-ethyl adjacent to an activating group) is 1. The minimum Gasteiger partial charge on any atom is -0.396 e. The van der Waals surface area contributed by atoms with Gasteiger partial charge in [0.15, 0.2) is 0 Å². The Balaban J connectivity index is 2.28. The average molecular weight is 310 g/mol. The van der Waals surface area contributed by atoms with Crippen LogP contribution < -0.4 is 0 Å². The summed E-state index contributed by atoms with van der Waals surface area (Å²) >= 11 is 6.06. The fraction of sp³-hybridized carbons (Fsp3) is 0.562. The van der Waals surface area contributed by atoms with Gasteiger partial charge in [0.25, 0.3) is 0 Å². The summed E-state index contributed by atoms with van der Waals surface area (Å²) in [5, 5.41) is 9.78.